The summed E-state index contributed by atoms with van der Waals surface area (Å²) in [5, 5.41) is 4.44. The maximum Gasteiger partial charge on any atom is 0.256 e. The van der Waals surface area contributed by atoms with Crippen molar-refractivity contribution >= 4 is 33.3 Å². The van der Waals surface area contributed by atoms with E-state index in [9.17, 15) is 0 Å². The van der Waals surface area contributed by atoms with E-state index in [1.165, 1.54) is 10.8 Å². The predicted molar refractivity (Wildman–Crippen MR) is 74.7 cm³/mol. The van der Waals surface area contributed by atoms with Crippen LogP contribution in [0, 0.1) is 6.92 Å². The van der Waals surface area contributed by atoms with Gasteiger partial charge in [0.05, 0.1) is 0 Å². The van der Waals surface area contributed by atoms with E-state index in [1.54, 1.807) is 0 Å². The molecule has 7 heteroatoms. The van der Waals surface area contributed by atoms with Crippen LogP contribution in [0.2, 0.25) is 5.15 Å². The second kappa shape index (κ2) is 4.79. The van der Waals surface area contributed by atoms with Crippen LogP contribution >= 0.6 is 27.5 Å². The van der Waals surface area contributed by atoms with E-state index in [0.29, 0.717) is 28.1 Å². The molecule has 5 nitrogen and oxygen atoms in total. The van der Waals surface area contributed by atoms with Crippen molar-refractivity contribution in [3.8, 4) is 11.6 Å². The van der Waals surface area contributed by atoms with Crippen LogP contribution in [0.15, 0.2) is 35.1 Å². The zero-order valence-corrected chi connectivity index (χ0v) is 12.2. The molecule has 0 radical (unpaired) electrons. The molecule has 2 aromatic heterocycles. The molecule has 0 amide bonds. The summed E-state index contributed by atoms with van der Waals surface area (Å²) >= 11 is 9.46. The maximum atomic E-state index is 6.07. The lowest BCUT2D eigenvalue weighted by molar-refractivity contribution is 0.441. The summed E-state index contributed by atoms with van der Waals surface area (Å²) in [6.07, 6.45) is 1.41. The largest absolute Gasteiger partial charge is 0.438 e. The van der Waals surface area contributed by atoms with Crippen molar-refractivity contribution in [1.29, 1.82) is 0 Å². The Morgan fingerprint density at radius 1 is 1.37 bits per heavy atom. The summed E-state index contributed by atoms with van der Waals surface area (Å²) in [6, 6.07) is 7.51. The molecule has 0 N–H and O–H groups in total. The number of ether oxygens (including phenoxy) is 1. The molecule has 3 aromatic rings. The molecule has 1 aromatic carbocycles. The number of aromatic nitrogens is 4. The molecule has 0 saturated carbocycles. The number of halogens is 2. The molecule has 0 saturated heterocycles. The molecule has 19 heavy (non-hydrogen) atoms. The third-order valence-electron chi connectivity index (χ3n) is 2.56. The smallest absolute Gasteiger partial charge is 0.256 e. The fraction of sp³-hybridized carbons (Fsp3) is 0.0833. The van der Waals surface area contributed by atoms with Gasteiger partial charge in [0.2, 0.25) is 5.88 Å². The zero-order chi connectivity index (χ0) is 13.4. The highest BCUT2D eigenvalue weighted by atomic mass is 79.9. The number of fused-ring (bicyclic) bond motifs is 1. The number of benzene rings is 1. The van der Waals surface area contributed by atoms with E-state index in [-0.39, 0.29) is 0 Å². The maximum absolute atomic E-state index is 6.07. The quantitative estimate of drug-likeness (QED) is 0.669. The monoisotopic (exact) mass is 338 g/mol. The molecule has 0 aliphatic rings. The fourth-order valence-electron chi connectivity index (χ4n) is 1.64. The molecule has 0 fully saturated rings. The Morgan fingerprint density at radius 3 is 3.00 bits per heavy atom. The van der Waals surface area contributed by atoms with Crippen molar-refractivity contribution in [2.75, 3.05) is 0 Å². The molecule has 0 aliphatic carbocycles. The van der Waals surface area contributed by atoms with Gasteiger partial charge in [-0.25, -0.2) is 0 Å². The standard InChI is InChI=1S/C12H8BrClN4O/c1-7-10(14)17-12-15-6-16-18(12)11(7)19-9-4-2-3-8(13)5-9/h2-6H,1H3. The fourth-order valence-corrected chi connectivity index (χ4v) is 2.17. The molecular weight excluding hydrogens is 332 g/mol. The van der Waals surface area contributed by atoms with Crippen molar-refractivity contribution in [2.24, 2.45) is 0 Å². The minimum absolute atomic E-state index is 0.352. The molecule has 0 atom stereocenters. The molecule has 0 bridgehead atoms. The molecule has 3 rings (SSSR count). The third kappa shape index (κ3) is 2.29. The second-order valence-corrected chi connectivity index (χ2v) is 5.14. The van der Waals surface area contributed by atoms with Crippen LogP contribution < -0.4 is 4.74 Å². The number of rotatable bonds is 2. The van der Waals surface area contributed by atoms with Crippen molar-refractivity contribution in [1.82, 2.24) is 19.6 Å². The van der Waals surface area contributed by atoms with Gasteiger partial charge in [-0.1, -0.05) is 33.6 Å². The summed E-state index contributed by atoms with van der Waals surface area (Å²) in [4.78, 5) is 8.13. The topological polar surface area (TPSA) is 52.3 Å². The van der Waals surface area contributed by atoms with Gasteiger partial charge < -0.3 is 4.74 Å². The first-order valence-corrected chi connectivity index (χ1v) is 6.61. The lowest BCUT2D eigenvalue weighted by Crippen LogP contribution is -2.01. The average molecular weight is 340 g/mol. The SMILES string of the molecule is Cc1c(Cl)nc2ncnn2c1Oc1cccc(Br)c1. The molecule has 2 heterocycles. The summed E-state index contributed by atoms with van der Waals surface area (Å²) < 4.78 is 8.29. The molecule has 0 unspecified atom stereocenters. The Balaban J connectivity index is 2.14. The van der Waals surface area contributed by atoms with Crippen LogP contribution in [0.3, 0.4) is 0 Å². The van der Waals surface area contributed by atoms with E-state index >= 15 is 0 Å². The Labute approximate surface area is 122 Å². The van der Waals surface area contributed by atoms with Crippen LogP contribution in [-0.2, 0) is 0 Å². The summed E-state index contributed by atoms with van der Waals surface area (Å²) in [5.74, 6) is 1.59. The highest BCUT2D eigenvalue weighted by molar-refractivity contribution is 9.10. The lowest BCUT2D eigenvalue weighted by atomic mass is 10.3. The summed E-state index contributed by atoms with van der Waals surface area (Å²) in [5.41, 5.74) is 0.708. The van der Waals surface area contributed by atoms with E-state index in [0.717, 1.165) is 4.47 Å². The van der Waals surface area contributed by atoms with Crippen molar-refractivity contribution in [2.45, 2.75) is 6.92 Å². The lowest BCUT2D eigenvalue weighted by Gasteiger charge is -2.10. The van der Waals surface area contributed by atoms with E-state index in [1.807, 2.05) is 31.2 Å². The molecule has 0 spiro atoms. The summed E-state index contributed by atoms with van der Waals surface area (Å²) in [7, 11) is 0. The van der Waals surface area contributed by atoms with Crippen molar-refractivity contribution in [3.63, 3.8) is 0 Å². The van der Waals surface area contributed by atoms with Gasteiger partial charge in [0.25, 0.3) is 5.78 Å². The van der Waals surface area contributed by atoms with Gasteiger partial charge in [0.1, 0.15) is 17.2 Å². The first kappa shape index (κ1) is 12.4. The van der Waals surface area contributed by atoms with E-state index in [2.05, 4.69) is 31.0 Å². The van der Waals surface area contributed by atoms with E-state index < -0.39 is 0 Å². The van der Waals surface area contributed by atoms with Crippen LogP contribution in [-0.4, -0.2) is 19.6 Å². The Hall–Kier alpha value is -1.66. The van der Waals surface area contributed by atoms with E-state index in [4.69, 9.17) is 16.3 Å². The first-order valence-electron chi connectivity index (χ1n) is 5.44. The summed E-state index contributed by atoms with van der Waals surface area (Å²) in [6.45, 7) is 1.82. The molecule has 0 aliphatic heterocycles. The zero-order valence-electron chi connectivity index (χ0n) is 9.84. The van der Waals surface area contributed by atoms with Crippen LogP contribution in [0.4, 0.5) is 0 Å². The highest BCUT2D eigenvalue weighted by Gasteiger charge is 2.14. The highest BCUT2D eigenvalue weighted by Crippen LogP contribution is 2.29. The van der Waals surface area contributed by atoms with Gasteiger partial charge in [-0.05, 0) is 25.1 Å². The van der Waals surface area contributed by atoms with Gasteiger partial charge in [-0.15, -0.1) is 0 Å². The van der Waals surface area contributed by atoms with Gasteiger partial charge in [-0.2, -0.15) is 19.6 Å². The minimum atomic E-state index is 0.352. The first-order chi connectivity index (χ1) is 9.15. The number of nitrogens with zero attached hydrogens (tertiary/aromatic N) is 4. The average Bonchev–Trinajstić information content (AvgIpc) is 2.83. The van der Waals surface area contributed by atoms with Gasteiger partial charge in [0.15, 0.2) is 0 Å². The predicted octanol–water partition coefficient (Wildman–Crippen LogP) is 3.64. The van der Waals surface area contributed by atoms with Crippen molar-refractivity contribution in [3.05, 3.63) is 45.8 Å². The van der Waals surface area contributed by atoms with Gasteiger partial charge in [-0.3, -0.25) is 0 Å². The molecule has 96 valence electrons. The normalized spacial score (nSPS) is 10.9. The van der Waals surface area contributed by atoms with Gasteiger partial charge in [0, 0.05) is 10.0 Å². The van der Waals surface area contributed by atoms with Gasteiger partial charge >= 0.3 is 0 Å². The second-order valence-electron chi connectivity index (χ2n) is 3.86. The Bertz CT molecular complexity index is 759. The van der Waals surface area contributed by atoms with Crippen molar-refractivity contribution < 1.29 is 4.74 Å². The third-order valence-corrected chi connectivity index (χ3v) is 3.42. The Kier molecular flexibility index (Phi) is 3.12. The molecular formula is C12H8BrClN4O. The Morgan fingerprint density at radius 2 is 2.21 bits per heavy atom. The number of hydrogen-bond acceptors (Lipinski definition) is 4. The minimum Gasteiger partial charge on any atom is -0.438 e. The van der Waals surface area contributed by atoms with Crippen LogP contribution in [0.25, 0.3) is 5.78 Å². The number of hydrogen-bond donors (Lipinski definition) is 0. The van der Waals surface area contributed by atoms with Crippen LogP contribution in [0.1, 0.15) is 5.56 Å². The van der Waals surface area contributed by atoms with Crippen LogP contribution in [0.5, 0.6) is 11.6 Å².